The molecule has 2 rings (SSSR count). The molecule has 1 aliphatic carbocycles. The minimum Gasteiger partial charge on any atom is -0.488 e. The van der Waals surface area contributed by atoms with Crippen molar-refractivity contribution in [1.29, 1.82) is 0 Å². The van der Waals surface area contributed by atoms with E-state index in [9.17, 15) is 31.7 Å². The van der Waals surface area contributed by atoms with Gasteiger partial charge in [-0.15, -0.1) is 0 Å². The van der Waals surface area contributed by atoms with Crippen LogP contribution in [0, 0.1) is 10.1 Å². The molecular formula is C12H13F3N2O5S. The minimum atomic E-state index is -5.64. The normalized spacial score (nSPS) is 16.3. The van der Waals surface area contributed by atoms with E-state index in [2.05, 4.69) is 0 Å². The zero-order chi connectivity index (χ0) is 17.3. The molecule has 1 aromatic carbocycles. The molecule has 0 spiro atoms. The summed E-state index contributed by atoms with van der Waals surface area (Å²) in [6.07, 6.45) is 2.71. The fraction of sp³-hybridized carbons (Fsp3) is 0.500. The van der Waals surface area contributed by atoms with Crippen molar-refractivity contribution in [3.05, 3.63) is 28.3 Å². The SMILES string of the molecule is O=[N+]([O-])c1ccc(NS(=O)(=O)C(F)(F)F)c(OC2CCCC2)c1. The number of alkyl halides is 3. The summed E-state index contributed by atoms with van der Waals surface area (Å²) < 4.78 is 66.6. The van der Waals surface area contributed by atoms with Gasteiger partial charge in [0.1, 0.15) is 0 Å². The first kappa shape index (κ1) is 17.3. The molecule has 1 aromatic rings. The lowest BCUT2D eigenvalue weighted by Gasteiger charge is -2.18. The van der Waals surface area contributed by atoms with Gasteiger partial charge in [-0.2, -0.15) is 21.6 Å². The van der Waals surface area contributed by atoms with E-state index in [4.69, 9.17) is 4.74 Å². The molecular weight excluding hydrogens is 341 g/mol. The van der Waals surface area contributed by atoms with Gasteiger partial charge in [0.25, 0.3) is 5.69 Å². The van der Waals surface area contributed by atoms with Crippen LogP contribution in [0.5, 0.6) is 5.75 Å². The smallest absolute Gasteiger partial charge is 0.488 e. The molecule has 1 fully saturated rings. The number of non-ortho nitro benzene ring substituents is 1. The summed E-state index contributed by atoms with van der Waals surface area (Å²) in [5.74, 6) is -0.293. The molecule has 11 heteroatoms. The van der Waals surface area contributed by atoms with Crippen LogP contribution in [0.2, 0.25) is 0 Å². The highest BCUT2D eigenvalue weighted by molar-refractivity contribution is 7.93. The Morgan fingerprint density at radius 3 is 2.39 bits per heavy atom. The second-order valence-electron chi connectivity index (χ2n) is 5.01. The van der Waals surface area contributed by atoms with Crippen molar-refractivity contribution in [2.45, 2.75) is 37.3 Å². The first-order valence-electron chi connectivity index (χ1n) is 6.64. The number of anilines is 1. The van der Waals surface area contributed by atoms with Crippen LogP contribution < -0.4 is 9.46 Å². The molecule has 0 unspecified atom stereocenters. The monoisotopic (exact) mass is 354 g/mol. The van der Waals surface area contributed by atoms with Gasteiger partial charge in [-0.25, -0.2) is 0 Å². The van der Waals surface area contributed by atoms with E-state index < -0.39 is 31.8 Å². The molecule has 7 nitrogen and oxygen atoms in total. The van der Waals surface area contributed by atoms with Gasteiger partial charge >= 0.3 is 15.5 Å². The number of sulfonamides is 1. The Hall–Kier alpha value is -2.04. The first-order chi connectivity index (χ1) is 10.6. The minimum absolute atomic E-state index is 0.293. The van der Waals surface area contributed by atoms with Gasteiger partial charge in [-0.05, 0) is 31.7 Å². The molecule has 0 bridgehead atoms. The second kappa shape index (κ2) is 6.22. The Morgan fingerprint density at radius 1 is 1.26 bits per heavy atom. The molecule has 0 amide bonds. The Morgan fingerprint density at radius 2 is 1.87 bits per heavy atom. The predicted octanol–water partition coefficient (Wildman–Crippen LogP) is 3.18. The molecule has 0 aliphatic heterocycles. The Kier molecular flexibility index (Phi) is 4.68. The lowest BCUT2D eigenvalue weighted by atomic mass is 10.2. The third-order valence-electron chi connectivity index (χ3n) is 3.32. The highest BCUT2D eigenvalue weighted by Gasteiger charge is 2.46. The van der Waals surface area contributed by atoms with Crippen LogP contribution >= 0.6 is 0 Å². The van der Waals surface area contributed by atoms with Crippen LogP contribution in [0.3, 0.4) is 0 Å². The van der Waals surface area contributed by atoms with E-state index in [0.29, 0.717) is 12.8 Å². The number of halogens is 3. The molecule has 1 saturated carbocycles. The van der Waals surface area contributed by atoms with Crippen molar-refractivity contribution < 1.29 is 31.2 Å². The summed E-state index contributed by atoms with van der Waals surface area (Å²) in [5, 5.41) is 10.8. The molecule has 0 radical (unpaired) electrons. The molecule has 23 heavy (non-hydrogen) atoms. The van der Waals surface area contributed by atoms with Crippen LogP contribution in [0.4, 0.5) is 24.5 Å². The maximum atomic E-state index is 12.5. The number of nitrogens with one attached hydrogen (secondary N) is 1. The number of nitrogens with zero attached hydrogens (tertiary/aromatic N) is 1. The summed E-state index contributed by atoms with van der Waals surface area (Å²) in [6.45, 7) is 0. The fourth-order valence-electron chi connectivity index (χ4n) is 2.19. The molecule has 128 valence electrons. The van der Waals surface area contributed by atoms with Crippen LogP contribution in [-0.4, -0.2) is 25.0 Å². The van der Waals surface area contributed by atoms with Crippen LogP contribution in [0.1, 0.15) is 25.7 Å². The van der Waals surface area contributed by atoms with Gasteiger partial charge in [0.2, 0.25) is 0 Å². The summed E-state index contributed by atoms with van der Waals surface area (Å²) in [6, 6.07) is 2.69. The largest absolute Gasteiger partial charge is 0.516 e. The third kappa shape index (κ3) is 4.03. The lowest BCUT2D eigenvalue weighted by Crippen LogP contribution is -2.30. The predicted molar refractivity (Wildman–Crippen MR) is 74.6 cm³/mol. The third-order valence-corrected chi connectivity index (χ3v) is 4.42. The standard InChI is InChI=1S/C12H13F3N2O5S/c13-12(14,15)23(20,21)16-10-6-5-8(17(18)19)7-11(10)22-9-3-1-2-4-9/h5-7,9,16H,1-4H2. The molecule has 0 heterocycles. The Balaban J connectivity index is 2.35. The Labute approximate surface area is 129 Å². The molecule has 0 atom stereocenters. The van der Waals surface area contributed by atoms with Gasteiger partial charge < -0.3 is 4.74 Å². The van der Waals surface area contributed by atoms with Gasteiger partial charge in [0.15, 0.2) is 5.75 Å². The summed E-state index contributed by atoms with van der Waals surface area (Å²) >= 11 is 0. The van der Waals surface area contributed by atoms with Gasteiger partial charge in [0.05, 0.1) is 22.8 Å². The van der Waals surface area contributed by atoms with Gasteiger partial charge in [-0.3, -0.25) is 14.8 Å². The number of nitro groups is 1. The van der Waals surface area contributed by atoms with Crippen molar-refractivity contribution in [1.82, 2.24) is 0 Å². The summed E-state index contributed by atoms with van der Waals surface area (Å²) in [7, 11) is -5.64. The van der Waals surface area contributed by atoms with Crippen LogP contribution in [0.15, 0.2) is 18.2 Å². The van der Waals surface area contributed by atoms with Crippen LogP contribution in [0.25, 0.3) is 0 Å². The highest BCUT2D eigenvalue weighted by Crippen LogP contribution is 2.35. The average Bonchev–Trinajstić information content (AvgIpc) is 2.91. The first-order valence-corrected chi connectivity index (χ1v) is 8.12. The van der Waals surface area contributed by atoms with E-state index in [1.54, 1.807) is 0 Å². The van der Waals surface area contributed by atoms with Crippen molar-refractivity contribution in [3.63, 3.8) is 0 Å². The zero-order valence-corrected chi connectivity index (χ0v) is 12.5. The number of rotatable bonds is 5. The van der Waals surface area contributed by atoms with Gasteiger partial charge in [0, 0.05) is 6.07 Å². The van der Waals surface area contributed by atoms with Crippen molar-refractivity contribution >= 4 is 21.4 Å². The van der Waals surface area contributed by atoms with E-state index in [0.717, 1.165) is 31.0 Å². The summed E-state index contributed by atoms with van der Waals surface area (Å²) in [5.41, 5.74) is -6.40. The maximum Gasteiger partial charge on any atom is 0.516 e. The maximum absolute atomic E-state index is 12.5. The van der Waals surface area contributed by atoms with Crippen LogP contribution in [-0.2, 0) is 10.0 Å². The Bertz CT molecular complexity index is 699. The van der Waals surface area contributed by atoms with Gasteiger partial charge in [-0.1, -0.05) is 0 Å². The fourth-order valence-corrected chi connectivity index (χ4v) is 2.77. The zero-order valence-electron chi connectivity index (χ0n) is 11.7. The quantitative estimate of drug-likeness (QED) is 0.647. The van der Waals surface area contributed by atoms with Crippen molar-refractivity contribution in [2.24, 2.45) is 0 Å². The number of hydrogen-bond donors (Lipinski definition) is 1. The number of hydrogen-bond acceptors (Lipinski definition) is 5. The average molecular weight is 354 g/mol. The number of nitro benzene ring substituents is 1. The lowest BCUT2D eigenvalue weighted by molar-refractivity contribution is -0.384. The van der Waals surface area contributed by atoms with Crippen molar-refractivity contribution in [3.8, 4) is 5.75 Å². The topological polar surface area (TPSA) is 98.5 Å². The van der Waals surface area contributed by atoms with E-state index in [1.807, 2.05) is 0 Å². The van der Waals surface area contributed by atoms with E-state index in [-0.39, 0.29) is 11.9 Å². The van der Waals surface area contributed by atoms with E-state index >= 15 is 0 Å². The molecule has 1 aliphatic rings. The van der Waals surface area contributed by atoms with Crippen molar-refractivity contribution in [2.75, 3.05) is 4.72 Å². The van der Waals surface area contributed by atoms with E-state index in [1.165, 1.54) is 4.72 Å². The highest BCUT2D eigenvalue weighted by atomic mass is 32.2. The molecule has 0 aromatic heterocycles. The number of benzene rings is 1. The summed E-state index contributed by atoms with van der Waals surface area (Å²) in [4.78, 5) is 10.0. The second-order valence-corrected chi connectivity index (χ2v) is 6.69. The molecule has 0 saturated heterocycles. The molecule has 1 N–H and O–H groups in total. The number of ether oxygens (including phenoxy) is 1.